The highest BCUT2D eigenvalue weighted by Gasteiger charge is 2.44. The lowest BCUT2D eigenvalue weighted by molar-refractivity contribution is -0.144. The molecule has 0 radical (unpaired) electrons. The van der Waals surface area contributed by atoms with Gasteiger partial charge >= 0.3 is 0 Å². The summed E-state index contributed by atoms with van der Waals surface area (Å²) in [6.45, 7) is 11.9. The molecule has 1 aliphatic heterocycles. The average molecular weight is 1060 g/mol. The largest absolute Gasteiger partial charge is 0.508 e. The van der Waals surface area contributed by atoms with E-state index in [4.69, 9.17) is 4.74 Å². The molecule has 2 fully saturated rings. The van der Waals surface area contributed by atoms with Crippen molar-refractivity contribution in [1.82, 2.24) is 25.4 Å². The van der Waals surface area contributed by atoms with E-state index in [-0.39, 0.29) is 54.0 Å². The van der Waals surface area contributed by atoms with Gasteiger partial charge in [-0.05, 0) is 135 Å². The van der Waals surface area contributed by atoms with Gasteiger partial charge in [-0.2, -0.15) is 0 Å². The number of benzene rings is 4. The third-order valence-corrected chi connectivity index (χ3v) is 17.0. The molecule has 398 valence electrons. The van der Waals surface area contributed by atoms with Crippen LogP contribution in [0.1, 0.15) is 138 Å². The molecule has 13 nitrogen and oxygen atoms in total. The monoisotopic (exact) mass is 1060 g/mol. The summed E-state index contributed by atoms with van der Waals surface area (Å²) in [6, 6.07) is 25.6. The third kappa shape index (κ3) is 14.0. The molecular weight excluding hydrogens is 983 g/mol. The van der Waals surface area contributed by atoms with Crippen LogP contribution in [0.15, 0.2) is 96.5 Å². The number of thiazole rings is 1. The number of aliphatic hydroxyl groups is 1. The number of unbranched alkanes of at least 4 members (excludes halogenated alkanes) is 4. The van der Waals surface area contributed by atoms with E-state index in [0.29, 0.717) is 42.4 Å². The number of aromatic nitrogens is 1. The molecule has 2 aliphatic rings. The molecular formula is C60H73N5O8S2. The van der Waals surface area contributed by atoms with Crippen LogP contribution in [0.3, 0.4) is 0 Å². The van der Waals surface area contributed by atoms with E-state index in [1.807, 2.05) is 76.5 Å². The normalized spacial score (nSPS) is 17.0. The third-order valence-electron chi connectivity index (χ3n) is 14.8. The first kappa shape index (κ1) is 55.1. The summed E-state index contributed by atoms with van der Waals surface area (Å²) in [6.07, 6.45) is 10.3. The zero-order valence-electron chi connectivity index (χ0n) is 44.0. The van der Waals surface area contributed by atoms with Gasteiger partial charge < -0.3 is 35.6 Å². The predicted molar refractivity (Wildman–Crippen MR) is 298 cm³/mol. The number of phenols is 2. The maximum atomic E-state index is 14.2. The summed E-state index contributed by atoms with van der Waals surface area (Å²) in [5, 5.41) is 37.7. The van der Waals surface area contributed by atoms with E-state index in [0.717, 1.165) is 81.0 Å². The van der Waals surface area contributed by atoms with E-state index < -0.39 is 23.6 Å². The first-order valence-corrected chi connectivity index (χ1v) is 28.4. The van der Waals surface area contributed by atoms with Crippen molar-refractivity contribution in [3.05, 3.63) is 119 Å². The van der Waals surface area contributed by atoms with Crippen molar-refractivity contribution in [3.63, 3.8) is 0 Å². The van der Waals surface area contributed by atoms with E-state index in [1.165, 1.54) is 48.3 Å². The molecule has 1 saturated heterocycles. The number of fused-ring (bicyclic) bond motifs is 1. The van der Waals surface area contributed by atoms with Crippen molar-refractivity contribution >= 4 is 56.3 Å². The van der Waals surface area contributed by atoms with Gasteiger partial charge in [0.2, 0.25) is 17.7 Å². The smallest absolute Gasteiger partial charge is 0.246 e. The van der Waals surface area contributed by atoms with E-state index in [9.17, 15) is 34.5 Å². The van der Waals surface area contributed by atoms with Crippen LogP contribution in [0, 0.1) is 12.3 Å². The van der Waals surface area contributed by atoms with Gasteiger partial charge in [0.25, 0.3) is 0 Å². The summed E-state index contributed by atoms with van der Waals surface area (Å²) >= 11 is 3.02. The molecule has 0 unspecified atom stereocenters. The number of nitrogens with zero attached hydrogens (tertiary/aromatic N) is 3. The molecule has 75 heavy (non-hydrogen) atoms. The molecule has 2 aromatic heterocycles. The molecule has 4 aromatic carbocycles. The fraction of sp³-hybridized carbons (Fsp3) is 0.450. The molecule has 0 bridgehead atoms. The number of carbonyl (C=O) groups is 4. The number of phenolic OH excluding ortho intramolecular Hbond substituents is 2. The molecule has 15 heteroatoms. The fourth-order valence-corrected chi connectivity index (χ4v) is 12.6. The quantitative estimate of drug-likeness (QED) is 0.0324. The highest BCUT2D eigenvalue weighted by atomic mass is 32.1. The molecule has 5 N–H and O–H groups in total. The van der Waals surface area contributed by atoms with Crippen LogP contribution in [0.2, 0.25) is 0 Å². The second kappa shape index (κ2) is 25.1. The van der Waals surface area contributed by atoms with Crippen molar-refractivity contribution in [2.45, 2.75) is 142 Å². The van der Waals surface area contributed by atoms with Gasteiger partial charge in [-0.1, -0.05) is 83.6 Å². The van der Waals surface area contributed by atoms with Gasteiger partial charge in [0.05, 0.1) is 28.2 Å². The van der Waals surface area contributed by atoms with Crippen LogP contribution in [0.5, 0.6) is 17.2 Å². The summed E-state index contributed by atoms with van der Waals surface area (Å²) < 4.78 is 7.09. The number of nitrogens with one attached hydrogen (secondary N) is 2. The number of aryl methyl sites for hydroxylation is 1. The molecule has 4 atom stereocenters. The first-order valence-electron chi connectivity index (χ1n) is 26.7. The average Bonchev–Trinajstić information content (AvgIpc) is 4.14. The topological polar surface area (TPSA) is 182 Å². The summed E-state index contributed by atoms with van der Waals surface area (Å²) in [5.41, 5.74) is 6.05. The summed E-state index contributed by atoms with van der Waals surface area (Å²) in [4.78, 5) is 65.8. The van der Waals surface area contributed by atoms with Crippen LogP contribution in [0.25, 0.3) is 31.0 Å². The molecule has 6 aromatic rings. The van der Waals surface area contributed by atoms with Gasteiger partial charge in [-0.15, -0.1) is 22.7 Å². The standard InChI is InChI=1S/C60H73N5O8S2/c1-38(40-17-19-42(20-18-40)55-39(2)61-37-74-55)62-58(71)50-34-47(68)36-65(50)59(72)57(60(3,4)5)63-52(69)16-12-7-6-8-13-31-64(44-14-10-9-11-15-44)32-33-73-48-28-23-41(24-29-48)54(70)53-49-30-27-46(67)35-51(49)75-56(53)43-21-25-45(66)26-22-43/h17-30,35,37-38,44,47,50,57,66-68H,6-16,31-34,36H2,1-5H3,(H,62,71)(H,63,69)/t38-,47-,50-,57+/m0/s1. The molecule has 3 heterocycles. The number of aromatic hydroxyl groups is 2. The Kier molecular flexibility index (Phi) is 18.5. The number of likely N-dealkylation sites (tertiary alicyclic amines) is 1. The van der Waals surface area contributed by atoms with E-state index in [2.05, 4.69) is 20.5 Å². The van der Waals surface area contributed by atoms with Crippen molar-refractivity contribution < 1.29 is 39.2 Å². The Labute approximate surface area is 449 Å². The highest BCUT2D eigenvalue weighted by Crippen LogP contribution is 2.42. The molecule has 1 aliphatic carbocycles. The minimum atomic E-state index is -0.870. The van der Waals surface area contributed by atoms with Crippen molar-refractivity contribution in [1.29, 1.82) is 0 Å². The van der Waals surface area contributed by atoms with Crippen molar-refractivity contribution in [3.8, 4) is 38.1 Å². The van der Waals surface area contributed by atoms with Crippen LogP contribution >= 0.6 is 22.7 Å². The lowest BCUT2D eigenvalue weighted by Gasteiger charge is -2.35. The molecule has 0 spiro atoms. The molecule has 3 amide bonds. The number of hydrogen-bond acceptors (Lipinski definition) is 12. The number of ether oxygens (including phenoxy) is 1. The van der Waals surface area contributed by atoms with Crippen LogP contribution in [-0.4, -0.2) is 104 Å². The SMILES string of the molecule is Cc1ncsc1-c1ccc([C@H](C)NC(=O)[C@@H]2C[C@H](O)CN2C(=O)[C@@H](NC(=O)CCCCCCCN(CCOc2ccc(C(=O)c3c(-c4ccc(O)cc4)sc4cc(O)ccc34)cc2)C2CCCCC2)C(C)(C)C)cc1. The lowest BCUT2D eigenvalue weighted by atomic mass is 9.85. The van der Waals surface area contributed by atoms with E-state index in [1.54, 1.807) is 65.9 Å². The fourth-order valence-electron chi connectivity index (χ4n) is 10.6. The van der Waals surface area contributed by atoms with Gasteiger partial charge in [-0.25, -0.2) is 4.98 Å². The Hall–Kier alpha value is -6.13. The Morgan fingerprint density at radius 3 is 2.17 bits per heavy atom. The van der Waals surface area contributed by atoms with Gasteiger partial charge in [0.1, 0.15) is 35.9 Å². The van der Waals surface area contributed by atoms with Crippen LogP contribution in [-0.2, 0) is 14.4 Å². The molecule has 8 rings (SSSR count). The number of hydrogen-bond donors (Lipinski definition) is 5. The summed E-state index contributed by atoms with van der Waals surface area (Å²) in [5.74, 6) is -0.0467. The number of thiophene rings is 1. The number of β-amino-alcohol motifs (C(OH)–C–C–N with tert-alkyl or cyclic N) is 1. The maximum absolute atomic E-state index is 14.2. The molecule has 1 saturated carbocycles. The Morgan fingerprint density at radius 1 is 0.813 bits per heavy atom. The van der Waals surface area contributed by atoms with Gasteiger partial charge in [0.15, 0.2) is 5.78 Å². The number of amides is 3. The zero-order chi connectivity index (χ0) is 53.2. The van der Waals surface area contributed by atoms with Crippen LogP contribution in [0.4, 0.5) is 0 Å². The van der Waals surface area contributed by atoms with E-state index >= 15 is 0 Å². The zero-order valence-corrected chi connectivity index (χ0v) is 45.6. The highest BCUT2D eigenvalue weighted by molar-refractivity contribution is 7.22. The van der Waals surface area contributed by atoms with Gasteiger partial charge in [-0.3, -0.25) is 24.1 Å². The maximum Gasteiger partial charge on any atom is 0.246 e. The summed E-state index contributed by atoms with van der Waals surface area (Å²) in [7, 11) is 0. The predicted octanol–water partition coefficient (Wildman–Crippen LogP) is 11.4. The van der Waals surface area contributed by atoms with Crippen molar-refractivity contribution in [2.75, 3.05) is 26.2 Å². The lowest BCUT2D eigenvalue weighted by Crippen LogP contribution is -2.57. The second-order valence-corrected chi connectivity index (χ2v) is 23.4. The number of aliphatic hydroxyl groups excluding tert-OH is 1. The number of carbonyl (C=O) groups excluding carboxylic acids is 4. The Bertz CT molecular complexity index is 2890. The minimum Gasteiger partial charge on any atom is -0.508 e. The minimum absolute atomic E-state index is 0.0219. The van der Waals surface area contributed by atoms with Gasteiger partial charge in [0, 0.05) is 58.1 Å². The van der Waals surface area contributed by atoms with Crippen molar-refractivity contribution in [2.24, 2.45) is 5.41 Å². The second-order valence-electron chi connectivity index (χ2n) is 21.5. The van der Waals surface area contributed by atoms with Crippen LogP contribution < -0.4 is 15.4 Å². The number of rotatable bonds is 22. The number of ketones is 1. The Morgan fingerprint density at radius 2 is 1.48 bits per heavy atom. The first-order chi connectivity index (χ1) is 36.0. The Balaban J connectivity index is 0.778.